The van der Waals surface area contributed by atoms with Crippen LogP contribution in [-0.2, 0) is 11.2 Å². The van der Waals surface area contributed by atoms with Gasteiger partial charge in [-0.2, -0.15) is 0 Å². The zero-order chi connectivity index (χ0) is 13.9. The van der Waals surface area contributed by atoms with E-state index in [9.17, 15) is 9.18 Å². The molecule has 1 aliphatic heterocycles. The lowest BCUT2D eigenvalue weighted by Gasteiger charge is -2.25. The van der Waals surface area contributed by atoms with Gasteiger partial charge in [-0.05, 0) is 29.8 Å². The first-order chi connectivity index (χ1) is 9.72. The van der Waals surface area contributed by atoms with Crippen LogP contribution in [0.5, 0.6) is 11.5 Å². The fourth-order valence-electron chi connectivity index (χ4n) is 2.14. The van der Waals surface area contributed by atoms with Gasteiger partial charge in [-0.15, -0.1) is 0 Å². The van der Waals surface area contributed by atoms with Gasteiger partial charge in [0.1, 0.15) is 12.4 Å². The van der Waals surface area contributed by atoms with Crippen molar-refractivity contribution in [3.63, 3.8) is 0 Å². The van der Waals surface area contributed by atoms with E-state index in [0.717, 1.165) is 0 Å². The first kappa shape index (κ1) is 12.7. The summed E-state index contributed by atoms with van der Waals surface area (Å²) in [4.78, 5) is 12.2. The van der Waals surface area contributed by atoms with E-state index in [1.54, 1.807) is 24.3 Å². The van der Waals surface area contributed by atoms with E-state index >= 15 is 0 Å². The number of rotatable bonds is 3. The maximum absolute atomic E-state index is 13.1. The molecule has 1 aliphatic rings. The van der Waals surface area contributed by atoms with Gasteiger partial charge < -0.3 is 9.47 Å². The lowest BCUT2D eigenvalue weighted by Crippen LogP contribution is -2.37. The highest BCUT2D eigenvalue weighted by molar-refractivity contribution is 5.86. The molecule has 0 fully saturated rings. The van der Waals surface area contributed by atoms with Crippen LogP contribution in [-0.4, -0.2) is 18.5 Å². The Labute approximate surface area is 115 Å². The van der Waals surface area contributed by atoms with E-state index in [1.165, 1.54) is 12.1 Å². The first-order valence-corrected chi connectivity index (χ1v) is 6.38. The maximum Gasteiger partial charge on any atom is 0.191 e. The van der Waals surface area contributed by atoms with Crippen LogP contribution >= 0.6 is 0 Å². The highest BCUT2D eigenvalue weighted by Crippen LogP contribution is 2.31. The zero-order valence-electron chi connectivity index (χ0n) is 10.7. The van der Waals surface area contributed by atoms with E-state index in [-0.39, 0.29) is 24.6 Å². The predicted octanol–water partition coefficient (Wildman–Crippen LogP) is 2.78. The second-order valence-electron chi connectivity index (χ2n) is 4.64. The minimum absolute atomic E-state index is 0.120. The molecule has 2 aromatic rings. The van der Waals surface area contributed by atoms with Crippen LogP contribution in [0.4, 0.5) is 4.39 Å². The molecule has 1 unspecified atom stereocenters. The molecule has 4 heteroatoms. The third kappa shape index (κ3) is 2.64. The van der Waals surface area contributed by atoms with E-state index in [4.69, 9.17) is 9.47 Å². The van der Waals surface area contributed by atoms with Crippen molar-refractivity contribution in [2.45, 2.75) is 12.5 Å². The molecule has 0 saturated carbocycles. The van der Waals surface area contributed by atoms with Gasteiger partial charge in [-0.1, -0.05) is 24.3 Å². The molecule has 0 spiro atoms. The third-order valence-electron chi connectivity index (χ3n) is 3.14. The fraction of sp³-hybridized carbons (Fsp3) is 0.188. The first-order valence-electron chi connectivity index (χ1n) is 6.38. The van der Waals surface area contributed by atoms with Crippen LogP contribution in [0.15, 0.2) is 48.5 Å². The van der Waals surface area contributed by atoms with Crippen LogP contribution in [0.25, 0.3) is 0 Å². The van der Waals surface area contributed by atoms with Gasteiger partial charge in [-0.25, -0.2) is 4.39 Å². The SMILES string of the molecule is O=C(Cc1cccc(F)c1)C1COc2ccccc2O1. The molecule has 0 amide bonds. The topological polar surface area (TPSA) is 35.5 Å². The summed E-state index contributed by atoms with van der Waals surface area (Å²) >= 11 is 0. The molecule has 20 heavy (non-hydrogen) atoms. The van der Waals surface area contributed by atoms with E-state index in [1.807, 2.05) is 12.1 Å². The molecule has 0 radical (unpaired) electrons. The highest BCUT2D eigenvalue weighted by Gasteiger charge is 2.26. The summed E-state index contributed by atoms with van der Waals surface area (Å²) in [6, 6.07) is 13.2. The number of ketones is 1. The monoisotopic (exact) mass is 272 g/mol. The molecule has 0 N–H and O–H groups in total. The number of hydrogen-bond acceptors (Lipinski definition) is 3. The number of ether oxygens (including phenoxy) is 2. The zero-order valence-corrected chi connectivity index (χ0v) is 10.7. The fourth-order valence-corrected chi connectivity index (χ4v) is 2.14. The lowest BCUT2D eigenvalue weighted by atomic mass is 10.1. The highest BCUT2D eigenvalue weighted by atomic mass is 19.1. The molecule has 1 heterocycles. The summed E-state index contributed by atoms with van der Waals surface area (Å²) in [6.07, 6.45) is -0.512. The standard InChI is InChI=1S/C16H13FO3/c17-12-5-3-4-11(8-12)9-13(18)16-10-19-14-6-1-2-7-15(14)20-16/h1-8,16H,9-10H2. The molecule has 2 aromatic carbocycles. The molecule has 3 rings (SSSR count). The maximum atomic E-state index is 13.1. The van der Waals surface area contributed by atoms with Gasteiger partial charge in [0.05, 0.1) is 0 Å². The van der Waals surface area contributed by atoms with Crippen molar-refractivity contribution >= 4 is 5.78 Å². The van der Waals surface area contributed by atoms with Crippen LogP contribution in [0.1, 0.15) is 5.56 Å². The number of Topliss-reactive ketones (excluding diaryl/α,β-unsaturated/α-hetero) is 1. The normalized spacial score (nSPS) is 16.8. The Morgan fingerprint density at radius 3 is 2.75 bits per heavy atom. The van der Waals surface area contributed by atoms with Gasteiger partial charge in [0, 0.05) is 6.42 Å². The number of carbonyl (C=O) groups excluding carboxylic acids is 1. The number of halogens is 1. The molecule has 0 aliphatic carbocycles. The largest absolute Gasteiger partial charge is 0.485 e. The van der Waals surface area contributed by atoms with Gasteiger partial charge in [-0.3, -0.25) is 4.79 Å². The smallest absolute Gasteiger partial charge is 0.191 e. The second-order valence-corrected chi connectivity index (χ2v) is 4.64. The average molecular weight is 272 g/mol. The summed E-state index contributed by atoms with van der Waals surface area (Å²) in [7, 11) is 0. The summed E-state index contributed by atoms with van der Waals surface area (Å²) in [6.45, 7) is 0.186. The van der Waals surface area contributed by atoms with Crippen molar-refractivity contribution in [2.24, 2.45) is 0 Å². The number of carbonyl (C=O) groups is 1. The van der Waals surface area contributed by atoms with Crippen molar-refractivity contribution in [2.75, 3.05) is 6.61 Å². The Balaban J connectivity index is 1.70. The molecule has 0 saturated heterocycles. The summed E-state index contributed by atoms with van der Waals surface area (Å²) in [5, 5.41) is 0. The molecule has 3 nitrogen and oxygen atoms in total. The summed E-state index contributed by atoms with van der Waals surface area (Å²) in [5.41, 5.74) is 0.637. The van der Waals surface area contributed by atoms with Crippen LogP contribution in [0.2, 0.25) is 0 Å². The quantitative estimate of drug-likeness (QED) is 0.862. The van der Waals surface area contributed by atoms with Crippen LogP contribution < -0.4 is 9.47 Å². The van der Waals surface area contributed by atoms with E-state index in [0.29, 0.717) is 17.1 Å². The van der Waals surface area contributed by atoms with Crippen molar-refractivity contribution in [1.82, 2.24) is 0 Å². The van der Waals surface area contributed by atoms with Crippen LogP contribution in [0, 0.1) is 5.82 Å². The van der Waals surface area contributed by atoms with Crippen molar-refractivity contribution in [3.8, 4) is 11.5 Å². The number of hydrogen-bond donors (Lipinski definition) is 0. The molecular formula is C16H13FO3. The second kappa shape index (κ2) is 5.33. The lowest BCUT2D eigenvalue weighted by molar-refractivity contribution is -0.127. The predicted molar refractivity (Wildman–Crippen MR) is 71.5 cm³/mol. The van der Waals surface area contributed by atoms with Crippen molar-refractivity contribution in [3.05, 3.63) is 59.9 Å². The van der Waals surface area contributed by atoms with Crippen molar-refractivity contribution in [1.29, 1.82) is 0 Å². The summed E-state index contributed by atoms with van der Waals surface area (Å²) < 4.78 is 24.2. The molecule has 102 valence electrons. The molecule has 0 aromatic heterocycles. The Morgan fingerprint density at radius 1 is 1.15 bits per heavy atom. The Kier molecular flexibility index (Phi) is 3.37. The number of fused-ring (bicyclic) bond motifs is 1. The number of benzene rings is 2. The third-order valence-corrected chi connectivity index (χ3v) is 3.14. The Morgan fingerprint density at radius 2 is 1.95 bits per heavy atom. The molecular weight excluding hydrogens is 259 g/mol. The van der Waals surface area contributed by atoms with E-state index < -0.39 is 6.10 Å². The van der Waals surface area contributed by atoms with Crippen molar-refractivity contribution < 1.29 is 18.7 Å². The van der Waals surface area contributed by atoms with Gasteiger partial charge in [0.2, 0.25) is 0 Å². The Bertz CT molecular complexity index is 639. The Hall–Kier alpha value is -2.36. The average Bonchev–Trinajstić information content (AvgIpc) is 2.47. The minimum Gasteiger partial charge on any atom is -0.485 e. The molecule has 0 bridgehead atoms. The number of para-hydroxylation sites is 2. The minimum atomic E-state index is -0.645. The van der Waals surface area contributed by atoms with Gasteiger partial charge in [0.15, 0.2) is 23.4 Å². The van der Waals surface area contributed by atoms with Crippen LogP contribution in [0.3, 0.4) is 0 Å². The van der Waals surface area contributed by atoms with E-state index in [2.05, 4.69) is 0 Å². The van der Waals surface area contributed by atoms with Gasteiger partial charge in [0.25, 0.3) is 0 Å². The molecule has 1 atom stereocenters. The summed E-state index contributed by atoms with van der Waals surface area (Å²) in [5.74, 6) is 0.741. The van der Waals surface area contributed by atoms with Gasteiger partial charge >= 0.3 is 0 Å².